The monoisotopic (exact) mass is 704 g/mol. The number of nitrogen functional groups attached to an aromatic ring is 1. The molecule has 2 aliphatic carbocycles. The van der Waals surface area contributed by atoms with Crippen molar-refractivity contribution in [2.75, 3.05) is 5.73 Å². The molecule has 0 saturated heterocycles. The molecule has 0 unspecified atom stereocenters. The third kappa shape index (κ3) is 8.97. The molecule has 0 radical (unpaired) electrons. The van der Waals surface area contributed by atoms with Crippen LogP contribution in [-0.4, -0.2) is 0 Å². The molecule has 0 amide bonds. The molecule has 1 heterocycles. The Bertz CT molecular complexity index is 2120. The lowest BCUT2D eigenvalue weighted by molar-refractivity contribution is 0.723. The van der Waals surface area contributed by atoms with Crippen LogP contribution in [0.4, 0.5) is 5.69 Å². The third-order valence-electron chi connectivity index (χ3n) is 9.60. The van der Waals surface area contributed by atoms with Gasteiger partial charge in [0.05, 0.1) is 5.41 Å². The maximum Gasteiger partial charge on any atom is 0.0680 e. The van der Waals surface area contributed by atoms with E-state index in [2.05, 4.69) is 177 Å². The zero-order valence-corrected chi connectivity index (χ0v) is 31.9. The Labute approximate surface area is 323 Å². The van der Waals surface area contributed by atoms with Crippen LogP contribution in [0.15, 0.2) is 241 Å². The summed E-state index contributed by atoms with van der Waals surface area (Å²) in [6.45, 7) is 15.0. The number of allylic oxidation sites excluding steroid dienone is 12. The van der Waals surface area contributed by atoms with Gasteiger partial charge in [-0.1, -0.05) is 198 Å². The second kappa shape index (κ2) is 19.5. The predicted octanol–water partition coefficient (Wildman–Crippen LogP) is 12.9. The van der Waals surface area contributed by atoms with Gasteiger partial charge in [-0.3, -0.25) is 0 Å². The number of para-hydroxylation sites is 1. The molecule has 1 aliphatic heterocycles. The molecule has 0 fully saturated rings. The zero-order valence-electron chi connectivity index (χ0n) is 31.9. The van der Waals surface area contributed by atoms with Crippen molar-refractivity contribution >= 4 is 11.3 Å². The summed E-state index contributed by atoms with van der Waals surface area (Å²) in [7, 11) is 0. The van der Waals surface area contributed by atoms with Crippen LogP contribution in [-0.2, 0) is 11.8 Å². The number of nitrogens with two attached hydrogens (primary N) is 1. The van der Waals surface area contributed by atoms with Crippen molar-refractivity contribution in [3.05, 3.63) is 263 Å². The Morgan fingerprint density at radius 1 is 0.611 bits per heavy atom. The van der Waals surface area contributed by atoms with E-state index in [0.717, 1.165) is 40.8 Å². The molecule has 2 nitrogen and oxygen atoms in total. The quantitative estimate of drug-likeness (QED) is 0.183. The van der Waals surface area contributed by atoms with E-state index >= 15 is 0 Å². The van der Waals surface area contributed by atoms with Gasteiger partial charge in [-0.05, 0) is 86.7 Å². The number of hydrogen-bond donors (Lipinski definition) is 2. The molecule has 0 bridgehead atoms. The van der Waals surface area contributed by atoms with Gasteiger partial charge in [-0.15, -0.1) is 0 Å². The van der Waals surface area contributed by atoms with Crippen molar-refractivity contribution in [3.63, 3.8) is 0 Å². The summed E-state index contributed by atoms with van der Waals surface area (Å²) < 4.78 is 0. The fourth-order valence-electron chi connectivity index (χ4n) is 6.97. The normalized spacial score (nSPS) is 18.6. The largest absolute Gasteiger partial charge is 0.399 e. The van der Waals surface area contributed by atoms with Gasteiger partial charge < -0.3 is 11.1 Å². The van der Waals surface area contributed by atoms with E-state index in [4.69, 9.17) is 5.73 Å². The lowest BCUT2D eigenvalue weighted by atomic mass is 9.65. The maximum atomic E-state index is 5.36. The number of aryl methyl sites for hydroxylation is 1. The van der Waals surface area contributed by atoms with Gasteiger partial charge in [0.15, 0.2) is 0 Å². The van der Waals surface area contributed by atoms with Gasteiger partial charge in [-0.25, -0.2) is 0 Å². The zero-order chi connectivity index (χ0) is 38.2. The van der Waals surface area contributed by atoms with E-state index < -0.39 is 5.41 Å². The molecule has 0 saturated carbocycles. The topological polar surface area (TPSA) is 38.0 Å². The molecule has 270 valence electrons. The summed E-state index contributed by atoms with van der Waals surface area (Å²) in [6, 6.07) is 52.1. The second-order valence-corrected chi connectivity index (χ2v) is 12.9. The standard InChI is InChI=1S/C36H29N.C8H10.C6H7N.C2H6/c1-26-21-22-29(28-13-6-3-7-14-28)24-37-25-33-32-19-12-20-34(32)36(35(33)23-27(26)2,30-15-8-4-9-16-30)31-17-10-5-11-18-31;1-2-8-6-4-3-5-7-8;7-6-4-2-1-3-5-6;1-2/h3-19,21-25,37H,1-2,20H2;3-7H,2H2,1H3;1-5H,7H2;1-2H3/b22-21-,29-24+,33-25-,35-23+;;;. The number of nitrogens with one attached hydrogen (secondary N) is 1. The van der Waals surface area contributed by atoms with Crippen molar-refractivity contribution < 1.29 is 0 Å². The molecular formula is C52H52N2. The summed E-state index contributed by atoms with van der Waals surface area (Å²) >= 11 is 0. The van der Waals surface area contributed by atoms with Crippen molar-refractivity contribution in [1.29, 1.82) is 0 Å². The molecule has 2 heteroatoms. The number of rotatable bonds is 4. The molecule has 3 aliphatic rings. The summed E-state index contributed by atoms with van der Waals surface area (Å²) in [5, 5.41) is 3.54. The van der Waals surface area contributed by atoms with E-state index in [1.165, 1.54) is 39.0 Å². The predicted molar refractivity (Wildman–Crippen MR) is 234 cm³/mol. The number of benzene rings is 5. The van der Waals surface area contributed by atoms with Crippen LogP contribution in [0.25, 0.3) is 5.57 Å². The van der Waals surface area contributed by atoms with E-state index in [1.807, 2.05) is 56.3 Å². The second-order valence-electron chi connectivity index (χ2n) is 12.9. The molecule has 0 aromatic heterocycles. The smallest absolute Gasteiger partial charge is 0.0680 e. The average Bonchev–Trinajstić information content (AvgIpc) is 3.81. The van der Waals surface area contributed by atoms with Crippen molar-refractivity contribution in [2.45, 2.75) is 39.0 Å². The average molecular weight is 705 g/mol. The highest BCUT2D eigenvalue weighted by molar-refractivity contribution is 5.80. The highest BCUT2D eigenvalue weighted by atomic mass is 14.8. The van der Waals surface area contributed by atoms with Crippen LogP contribution < -0.4 is 11.1 Å². The van der Waals surface area contributed by atoms with Gasteiger partial charge in [-0.2, -0.15) is 0 Å². The third-order valence-corrected chi connectivity index (χ3v) is 9.60. The van der Waals surface area contributed by atoms with Gasteiger partial charge in [0, 0.05) is 23.7 Å². The van der Waals surface area contributed by atoms with Crippen molar-refractivity contribution in [2.24, 2.45) is 0 Å². The fraction of sp³-hybridized carbons (Fsp3) is 0.115. The highest BCUT2D eigenvalue weighted by Crippen LogP contribution is 2.59. The van der Waals surface area contributed by atoms with Gasteiger partial charge in [0.25, 0.3) is 0 Å². The first kappa shape index (κ1) is 38.8. The van der Waals surface area contributed by atoms with Gasteiger partial charge in [0.2, 0.25) is 0 Å². The minimum Gasteiger partial charge on any atom is -0.399 e. The minimum absolute atomic E-state index is 0.415. The Balaban J connectivity index is 0.000000272. The van der Waals surface area contributed by atoms with Gasteiger partial charge >= 0.3 is 0 Å². The van der Waals surface area contributed by atoms with Crippen LogP contribution in [0.1, 0.15) is 49.4 Å². The van der Waals surface area contributed by atoms with Crippen molar-refractivity contribution in [3.8, 4) is 0 Å². The van der Waals surface area contributed by atoms with Gasteiger partial charge in [0.1, 0.15) is 0 Å². The Kier molecular flexibility index (Phi) is 14.0. The fourth-order valence-corrected chi connectivity index (χ4v) is 6.97. The highest BCUT2D eigenvalue weighted by Gasteiger charge is 2.49. The van der Waals surface area contributed by atoms with E-state index in [9.17, 15) is 0 Å². The molecule has 3 N–H and O–H groups in total. The Morgan fingerprint density at radius 2 is 1.13 bits per heavy atom. The lowest BCUT2D eigenvalue weighted by Crippen LogP contribution is -2.30. The molecule has 8 rings (SSSR count). The van der Waals surface area contributed by atoms with Crippen LogP contribution in [0.5, 0.6) is 0 Å². The Hall–Kier alpha value is -6.38. The first-order chi connectivity index (χ1) is 26.5. The first-order valence-electron chi connectivity index (χ1n) is 18.9. The van der Waals surface area contributed by atoms with Crippen LogP contribution >= 0.6 is 0 Å². The molecule has 54 heavy (non-hydrogen) atoms. The van der Waals surface area contributed by atoms with E-state index in [1.54, 1.807) is 0 Å². The lowest BCUT2D eigenvalue weighted by Gasteiger charge is -2.36. The SMILES string of the molecule is C=C1/C=C\C(c2ccccc2)=C/N/C=C2/C3=C(CC=C3)C(c3ccccc3)(c3ccccc3)/C2=C/C1=C.CC.CCc1ccccc1.Nc1ccccc1. The van der Waals surface area contributed by atoms with Crippen LogP contribution in [0, 0.1) is 0 Å². The molecule has 5 aromatic carbocycles. The number of fused-ring (bicyclic) bond motifs is 2. The number of anilines is 1. The Morgan fingerprint density at radius 3 is 1.63 bits per heavy atom. The van der Waals surface area contributed by atoms with Crippen LogP contribution in [0.3, 0.4) is 0 Å². The molecule has 5 aromatic rings. The van der Waals surface area contributed by atoms with E-state index in [-0.39, 0.29) is 0 Å². The summed E-state index contributed by atoms with van der Waals surface area (Å²) in [5.41, 5.74) is 18.8. The van der Waals surface area contributed by atoms with Crippen LogP contribution in [0.2, 0.25) is 0 Å². The van der Waals surface area contributed by atoms with E-state index in [0.29, 0.717) is 0 Å². The maximum absolute atomic E-state index is 5.36. The van der Waals surface area contributed by atoms with Crippen molar-refractivity contribution in [1.82, 2.24) is 5.32 Å². The minimum atomic E-state index is -0.415. The first-order valence-corrected chi connectivity index (χ1v) is 18.9. The summed E-state index contributed by atoms with van der Waals surface area (Å²) in [6.07, 6.45) is 17.3. The number of hydrogen-bond acceptors (Lipinski definition) is 2. The summed E-state index contributed by atoms with van der Waals surface area (Å²) in [5.74, 6) is 0. The molecular weight excluding hydrogens is 653 g/mol. The molecule has 0 spiro atoms. The summed E-state index contributed by atoms with van der Waals surface area (Å²) in [4.78, 5) is 0. The molecule has 0 atom stereocenters.